The van der Waals surface area contributed by atoms with E-state index in [9.17, 15) is 0 Å². The van der Waals surface area contributed by atoms with Crippen molar-refractivity contribution < 1.29 is 0 Å². The predicted molar refractivity (Wildman–Crippen MR) is 61.9 cm³/mol. The van der Waals surface area contributed by atoms with E-state index in [0.29, 0.717) is 0 Å². The van der Waals surface area contributed by atoms with E-state index in [2.05, 4.69) is 9.98 Å². The molecular formula is C10H6N8. The third-order valence-electron chi connectivity index (χ3n) is 1.44. The average Bonchev–Trinajstić information content (AvgIpc) is 2.41. The van der Waals surface area contributed by atoms with Gasteiger partial charge < -0.3 is 11.5 Å². The van der Waals surface area contributed by atoms with Crippen LogP contribution >= 0.6 is 0 Å². The summed E-state index contributed by atoms with van der Waals surface area (Å²) in [5.41, 5.74) is 9.12. The molecule has 0 aromatic rings. The van der Waals surface area contributed by atoms with Crippen LogP contribution in [-0.2, 0) is 0 Å². The summed E-state index contributed by atoms with van der Waals surface area (Å²) in [7, 11) is 0. The molecule has 0 bridgehead atoms. The maximum Gasteiger partial charge on any atom is 0.174 e. The van der Waals surface area contributed by atoms with Crippen molar-refractivity contribution in [2.45, 2.75) is 0 Å². The zero-order chi connectivity index (χ0) is 14.0. The van der Waals surface area contributed by atoms with E-state index in [0.717, 1.165) is 12.4 Å². The average molecular weight is 238 g/mol. The van der Waals surface area contributed by atoms with Crippen LogP contribution in [0.5, 0.6) is 0 Å². The summed E-state index contributed by atoms with van der Waals surface area (Å²) in [4.78, 5) is 7.09. The van der Waals surface area contributed by atoms with Gasteiger partial charge in [-0.05, 0) is 0 Å². The molecule has 0 spiro atoms. The van der Waals surface area contributed by atoms with Crippen molar-refractivity contribution in [3.05, 3.63) is 22.8 Å². The largest absolute Gasteiger partial charge is 0.388 e. The van der Waals surface area contributed by atoms with Crippen molar-refractivity contribution >= 4 is 12.4 Å². The van der Waals surface area contributed by atoms with Crippen molar-refractivity contribution in [2.24, 2.45) is 21.5 Å². The molecule has 8 heteroatoms. The molecule has 0 fully saturated rings. The zero-order valence-electron chi connectivity index (χ0n) is 8.99. The molecule has 0 aliphatic heterocycles. The van der Waals surface area contributed by atoms with Crippen LogP contribution in [0.2, 0.25) is 0 Å². The molecule has 0 aliphatic carbocycles. The van der Waals surface area contributed by atoms with Crippen molar-refractivity contribution in [2.75, 3.05) is 0 Å². The van der Waals surface area contributed by atoms with Gasteiger partial charge in [0.05, 0.1) is 0 Å². The molecule has 8 nitrogen and oxygen atoms in total. The summed E-state index contributed by atoms with van der Waals surface area (Å²) in [6.45, 7) is 0. The quantitative estimate of drug-likeness (QED) is 0.498. The summed E-state index contributed by atoms with van der Waals surface area (Å²) < 4.78 is 0. The van der Waals surface area contributed by atoms with Crippen LogP contribution in [0.25, 0.3) is 0 Å². The summed E-state index contributed by atoms with van der Waals surface area (Å²) in [6, 6.07) is 6.33. The van der Waals surface area contributed by atoms with Gasteiger partial charge in [0.1, 0.15) is 35.7 Å². The Morgan fingerprint density at radius 2 is 1.06 bits per heavy atom. The molecule has 18 heavy (non-hydrogen) atoms. The standard InChI is InChI=1S/C10H6N8/c11-3-7(15)9(5-13)17-1-2-18-10(6-14)8(16)4-12/h1-2H,15-16H2/b9-7+,10-8?,17-1?,18-2?. The molecule has 0 rings (SSSR count). The van der Waals surface area contributed by atoms with E-state index in [1.165, 1.54) is 0 Å². The van der Waals surface area contributed by atoms with Gasteiger partial charge >= 0.3 is 0 Å². The highest BCUT2D eigenvalue weighted by Gasteiger charge is 1.98. The van der Waals surface area contributed by atoms with Crippen LogP contribution in [0, 0.1) is 45.3 Å². The molecule has 0 amide bonds. The Morgan fingerprint density at radius 3 is 1.28 bits per heavy atom. The van der Waals surface area contributed by atoms with Gasteiger partial charge in [-0.25, -0.2) is 9.98 Å². The Hall–Kier alpha value is -3.62. The molecule has 0 heterocycles. The van der Waals surface area contributed by atoms with E-state index in [4.69, 9.17) is 32.5 Å². The number of nitriles is 4. The highest BCUT2D eigenvalue weighted by Crippen LogP contribution is 1.98. The first-order valence-corrected chi connectivity index (χ1v) is 4.27. The van der Waals surface area contributed by atoms with Crippen molar-refractivity contribution in [1.82, 2.24) is 0 Å². The Labute approximate surface area is 103 Å². The number of nitrogens with zero attached hydrogens (tertiary/aromatic N) is 6. The van der Waals surface area contributed by atoms with Gasteiger partial charge in [-0.2, -0.15) is 21.0 Å². The molecule has 0 aromatic heterocycles. The van der Waals surface area contributed by atoms with Gasteiger partial charge in [-0.15, -0.1) is 0 Å². The zero-order valence-corrected chi connectivity index (χ0v) is 8.99. The van der Waals surface area contributed by atoms with E-state index >= 15 is 0 Å². The van der Waals surface area contributed by atoms with E-state index in [1.807, 2.05) is 0 Å². The Bertz CT molecular complexity index is 550. The molecule has 0 saturated carbocycles. The van der Waals surface area contributed by atoms with Gasteiger partial charge in [-0.1, -0.05) is 0 Å². The fourth-order valence-corrected chi connectivity index (χ4v) is 0.639. The van der Waals surface area contributed by atoms with Crippen LogP contribution in [-0.4, -0.2) is 12.4 Å². The Morgan fingerprint density at radius 1 is 0.722 bits per heavy atom. The first-order valence-electron chi connectivity index (χ1n) is 4.27. The molecular weight excluding hydrogens is 232 g/mol. The van der Waals surface area contributed by atoms with E-state index in [-0.39, 0.29) is 22.8 Å². The molecule has 4 N–H and O–H groups in total. The molecule has 0 atom stereocenters. The normalized spacial score (nSPS) is 12.9. The fraction of sp³-hybridized carbons (Fsp3) is 0. The third-order valence-corrected chi connectivity index (χ3v) is 1.44. The Kier molecular flexibility index (Phi) is 6.11. The van der Waals surface area contributed by atoms with Crippen LogP contribution in [0.3, 0.4) is 0 Å². The van der Waals surface area contributed by atoms with Crippen molar-refractivity contribution in [3.8, 4) is 24.3 Å². The monoisotopic (exact) mass is 238 g/mol. The van der Waals surface area contributed by atoms with Crippen LogP contribution in [0.1, 0.15) is 0 Å². The summed E-state index contributed by atoms with van der Waals surface area (Å²) in [5.74, 6) is 0. The highest BCUT2D eigenvalue weighted by atomic mass is 14.8. The van der Waals surface area contributed by atoms with Gasteiger partial charge in [0.2, 0.25) is 0 Å². The molecule has 0 unspecified atom stereocenters. The molecule has 0 aromatic carbocycles. The van der Waals surface area contributed by atoms with E-state index < -0.39 is 0 Å². The fourth-order valence-electron chi connectivity index (χ4n) is 0.639. The van der Waals surface area contributed by atoms with Gasteiger partial charge in [0.25, 0.3) is 0 Å². The number of allylic oxidation sites excluding steroid dienone is 4. The van der Waals surface area contributed by atoms with Crippen molar-refractivity contribution in [3.63, 3.8) is 0 Å². The smallest absolute Gasteiger partial charge is 0.174 e. The third kappa shape index (κ3) is 4.27. The molecule has 86 valence electrons. The van der Waals surface area contributed by atoms with E-state index in [1.54, 1.807) is 24.3 Å². The lowest BCUT2D eigenvalue weighted by atomic mass is 10.4. The number of hydrogen-bond donors (Lipinski definition) is 2. The van der Waals surface area contributed by atoms with Crippen LogP contribution in [0.15, 0.2) is 32.8 Å². The number of aliphatic imine (C=N–C) groups is 2. The molecule has 0 aliphatic rings. The Balaban J connectivity index is 5.04. The SMILES string of the molecule is N#CC(N)=C(C#N)N=CC=N/C(C#N)=C(/N)C#N. The lowest BCUT2D eigenvalue weighted by Gasteiger charge is -1.89. The van der Waals surface area contributed by atoms with Gasteiger partial charge in [-0.3, -0.25) is 0 Å². The second-order valence-electron chi connectivity index (χ2n) is 2.53. The minimum Gasteiger partial charge on any atom is -0.388 e. The van der Waals surface area contributed by atoms with Crippen LogP contribution < -0.4 is 11.5 Å². The first kappa shape index (κ1) is 14.4. The second-order valence-corrected chi connectivity index (χ2v) is 2.53. The number of rotatable bonds is 3. The lowest BCUT2D eigenvalue weighted by Crippen LogP contribution is -1.98. The minimum absolute atomic E-state index is 0.278. The number of hydrogen-bond acceptors (Lipinski definition) is 8. The lowest BCUT2D eigenvalue weighted by molar-refractivity contribution is 1.27. The maximum atomic E-state index is 8.59. The van der Waals surface area contributed by atoms with Crippen LogP contribution in [0.4, 0.5) is 0 Å². The topological polar surface area (TPSA) is 172 Å². The highest BCUT2D eigenvalue weighted by molar-refractivity contribution is 6.16. The second kappa shape index (κ2) is 7.64. The minimum atomic E-state index is -0.338. The molecule has 0 saturated heterocycles. The van der Waals surface area contributed by atoms with Crippen molar-refractivity contribution in [1.29, 1.82) is 21.0 Å². The predicted octanol–water partition coefficient (Wildman–Crippen LogP) is -0.437. The summed E-state index contributed by atoms with van der Waals surface area (Å²) in [6.07, 6.45) is 2.09. The van der Waals surface area contributed by atoms with Gasteiger partial charge in [0.15, 0.2) is 11.4 Å². The molecule has 0 radical (unpaired) electrons. The summed E-state index contributed by atoms with van der Waals surface area (Å²) >= 11 is 0. The number of nitrogens with two attached hydrogens (primary N) is 2. The van der Waals surface area contributed by atoms with Gasteiger partial charge in [0, 0.05) is 12.4 Å². The first-order chi connectivity index (χ1) is 8.60. The maximum absolute atomic E-state index is 8.59. The summed E-state index contributed by atoms with van der Waals surface area (Å²) in [5, 5.41) is 34.0.